The number of nitro groups is 1. The van der Waals surface area contributed by atoms with Crippen molar-refractivity contribution in [2.75, 3.05) is 0 Å². The molecule has 0 fully saturated rings. The van der Waals surface area contributed by atoms with Gasteiger partial charge in [0.25, 0.3) is 5.69 Å². The standard InChI is InChI=1S/C24H21N2O4/c1-16-11-22-20(14-24(27)30-23(22)12-17(16)2)15-25-9-7-19(8-10-25)13-18-3-5-21(6-4-18)26(28)29/h3-12,14H,13,15H2,1-2H3/q+1. The minimum Gasteiger partial charge on any atom is -0.423 e. The maximum atomic E-state index is 12.0. The van der Waals surface area contributed by atoms with Crippen LogP contribution in [0.4, 0.5) is 5.69 Å². The summed E-state index contributed by atoms with van der Waals surface area (Å²) < 4.78 is 7.39. The van der Waals surface area contributed by atoms with Crippen LogP contribution in [0.15, 0.2) is 76.2 Å². The van der Waals surface area contributed by atoms with E-state index in [1.807, 2.05) is 49.0 Å². The molecule has 150 valence electrons. The molecular formula is C24H21N2O4+. The van der Waals surface area contributed by atoms with E-state index in [1.165, 1.54) is 12.1 Å². The number of non-ortho nitro benzene ring substituents is 1. The number of aryl methyl sites for hydroxylation is 2. The smallest absolute Gasteiger partial charge is 0.336 e. The number of benzene rings is 2. The number of rotatable bonds is 5. The molecule has 0 unspecified atom stereocenters. The van der Waals surface area contributed by atoms with Crippen molar-refractivity contribution in [3.8, 4) is 0 Å². The summed E-state index contributed by atoms with van der Waals surface area (Å²) in [7, 11) is 0. The van der Waals surface area contributed by atoms with Gasteiger partial charge in [-0.3, -0.25) is 10.1 Å². The number of nitrogens with zero attached hydrogens (tertiary/aromatic N) is 2. The molecule has 2 heterocycles. The first kappa shape index (κ1) is 19.5. The van der Waals surface area contributed by atoms with Gasteiger partial charge in [0.1, 0.15) is 5.58 Å². The molecule has 4 rings (SSSR count). The van der Waals surface area contributed by atoms with Gasteiger partial charge in [0.05, 0.1) is 4.92 Å². The molecule has 30 heavy (non-hydrogen) atoms. The third-order valence-corrected chi connectivity index (χ3v) is 5.31. The highest BCUT2D eigenvalue weighted by Crippen LogP contribution is 2.21. The molecule has 6 nitrogen and oxygen atoms in total. The highest BCUT2D eigenvalue weighted by Gasteiger charge is 2.12. The van der Waals surface area contributed by atoms with Gasteiger partial charge in [-0.2, -0.15) is 0 Å². The number of aromatic nitrogens is 1. The lowest BCUT2D eigenvalue weighted by Crippen LogP contribution is -2.33. The third kappa shape index (κ3) is 4.12. The van der Waals surface area contributed by atoms with E-state index in [0.717, 1.165) is 33.2 Å². The summed E-state index contributed by atoms with van der Waals surface area (Å²) >= 11 is 0. The summed E-state index contributed by atoms with van der Waals surface area (Å²) in [5.74, 6) is 0. The van der Waals surface area contributed by atoms with E-state index in [4.69, 9.17) is 4.42 Å². The molecule has 0 aliphatic heterocycles. The Morgan fingerprint density at radius 3 is 2.23 bits per heavy atom. The van der Waals surface area contributed by atoms with Crippen LogP contribution in [0.25, 0.3) is 11.0 Å². The quantitative estimate of drug-likeness (QED) is 0.217. The summed E-state index contributed by atoms with van der Waals surface area (Å²) in [6.07, 6.45) is 4.64. The van der Waals surface area contributed by atoms with Gasteiger partial charge in [-0.25, -0.2) is 9.36 Å². The van der Waals surface area contributed by atoms with Gasteiger partial charge in [-0.1, -0.05) is 12.1 Å². The van der Waals surface area contributed by atoms with Gasteiger partial charge in [-0.15, -0.1) is 0 Å². The molecule has 0 saturated heterocycles. The highest BCUT2D eigenvalue weighted by atomic mass is 16.6. The second-order valence-corrected chi connectivity index (χ2v) is 7.50. The first-order chi connectivity index (χ1) is 14.4. The Morgan fingerprint density at radius 2 is 1.57 bits per heavy atom. The van der Waals surface area contributed by atoms with E-state index in [2.05, 4.69) is 6.07 Å². The molecule has 0 N–H and O–H groups in total. The minimum absolute atomic E-state index is 0.0923. The van der Waals surface area contributed by atoms with Gasteiger partial charge in [0.15, 0.2) is 18.9 Å². The molecule has 6 heteroatoms. The lowest BCUT2D eigenvalue weighted by Gasteiger charge is -2.07. The summed E-state index contributed by atoms with van der Waals surface area (Å²) in [6, 6.07) is 16.2. The van der Waals surface area contributed by atoms with Gasteiger partial charge < -0.3 is 4.42 Å². The fraction of sp³-hybridized carbons (Fsp3) is 0.167. The predicted molar refractivity (Wildman–Crippen MR) is 114 cm³/mol. The number of hydrogen-bond donors (Lipinski definition) is 0. The Morgan fingerprint density at radius 1 is 0.933 bits per heavy atom. The van der Waals surface area contributed by atoms with Crippen molar-refractivity contribution in [1.82, 2.24) is 0 Å². The Hall–Kier alpha value is -3.80. The molecule has 4 aromatic rings. The minimum atomic E-state index is -0.397. The predicted octanol–water partition coefficient (Wildman–Crippen LogP) is 4.24. The number of pyridine rings is 1. The van der Waals surface area contributed by atoms with E-state index in [-0.39, 0.29) is 11.3 Å². The Kier molecular flexibility index (Phi) is 5.14. The first-order valence-corrected chi connectivity index (χ1v) is 9.64. The Bertz CT molecular complexity index is 1290. The van der Waals surface area contributed by atoms with E-state index in [0.29, 0.717) is 18.5 Å². The molecule has 0 spiro atoms. The van der Waals surface area contributed by atoms with Crippen LogP contribution >= 0.6 is 0 Å². The highest BCUT2D eigenvalue weighted by molar-refractivity contribution is 5.81. The third-order valence-electron chi connectivity index (χ3n) is 5.31. The number of nitro benzene ring substituents is 1. The lowest BCUT2D eigenvalue weighted by molar-refractivity contribution is -0.688. The first-order valence-electron chi connectivity index (χ1n) is 9.64. The topological polar surface area (TPSA) is 77.2 Å². The molecular weight excluding hydrogens is 380 g/mol. The molecule has 0 bridgehead atoms. The van der Waals surface area contributed by atoms with E-state index in [9.17, 15) is 14.9 Å². The average molecular weight is 401 g/mol. The summed E-state index contributed by atoms with van der Waals surface area (Å²) in [4.78, 5) is 22.4. The van der Waals surface area contributed by atoms with E-state index >= 15 is 0 Å². The van der Waals surface area contributed by atoms with Crippen molar-refractivity contribution in [1.29, 1.82) is 0 Å². The van der Waals surface area contributed by atoms with Crippen molar-refractivity contribution in [2.45, 2.75) is 26.8 Å². The van der Waals surface area contributed by atoms with Gasteiger partial charge in [0.2, 0.25) is 0 Å². The van der Waals surface area contributed by atoms with Crippen LogP contribution in [0.1, 0.15) is 27.8 Å². The second-order valence-electron chi connectivity index (χ2n) is 7.50. The van der Waals surface area contributed by atoms with Crippen molar-refractivity contribution >= 4 is 16.7 Å². The zero-order chi connectivity index (χ0) is 21.3. The van der Waals surface area contributed by atoms with E-state index < -0.39 is 4.92 Å². The maximum absolute atomic E-state index is 12.0. The molecule has 0 aliphatic rings. The van der Waals surface area contributed by atoms with Crippen LogP contribution in [0.3, 0.4) is 0 Å². The summed E-state index contributed by atoms with van der Waals surface area (Å²) in [6.45, 7) is 4.60. The van der Waals surface area contributed by atoms with Crippen LogP contribution in [-0.2, 0) is 13.0 Å². The molecule has 0 radical (unpaired) electrons. The molecule has 0 atom stereocenters. The summed E-state index contributed by atoms with van der Waals surface area (Å²) in [5.41, 5.74) is 5.62. The monoisotopic (exact) mass is 401 g/mol. The maximum Gasteiger partial charge on any atom is 0.336 e. The average Bonchev–Trinajstić information content (AvgIpc) is 2.71. The second kappa shape index (κ2) is 7.91. The fourth-order valence-corrected chi connectivity index (χ4v) is 3.49. The fourth-order valence-electron chi connectivity index (χ4n) is 3.49. The molecule has 0 aliphatic carbocycles. The molecule has 0 saturated carbocycles. The molecule has 2 aromatic heterocycles. The van der Waals surface area contributed by atoms with Crippen LogP contribution < -0.4 is 10.2 Å². The SMILES string of the molecule is Cc1cc2oc(=O)cc(C[n+]3ccc(Cc4ccc([N+](=O)[O-])cc4)cc3)c2cc1C. The normalized spacial score (nSPS) is 11.0. The van der Waals surface area contributed by atoms with Gasteiger partial charge >= 0.3 is 5.63 Å². The summed E-state index contributed by atoms with van der Waals surface area (Å²) in [5, 5.41) is 11.7. The largest absolute Gasteiger partial charge is 0.423 e. The van der Waals surface area contributed by atoms with Crippen molar-refractivity contribution < 1.29 is 13.9 Å². The van der Waals surface area contributed by atoms with Crippen LogP contribution in [0, 0.1) is 24.0 Å². The van der Waals surface area contributed by atoms with Crippen molar-refractivity contribution in [2.24, 2.45) is 0 Å². The lowest BCUT2D eigenvalue weighted by atomic mass is 10.0. The van der Waals surface area contributed by atoms with E-state index in [1.54, 1.807) is 18.2 Å². The zero-order valence-electron chi connectivity index (χ0n) is 16.8. The molecule has 2 aromatic carbocycles. The zero-order valence-corrected chi connectivity index (χ0v) is 16.8. The Labute approximate surface area is 173 Å². The van der Waals surface area contributed by atoms with Crippen LogP contribution in [0.2, 0.25) is 0 Å². The van der Waals surface area contributed by atoms with Crippen molar-refractivity contribution in [3.05, 3.63) is 115 Å². The van der Waals surface area contributed by atoms with Crippen LogP contribution in [-0.4, -0.2) is 4.92 Å². The van der Waals surface area contributed by atoms with Gasteiger partial charge in [0, 0.05) is 41.3 Å². The van der Waals surface area contributed by atoms with Crippen LogP contribution in [0.5, 0.6) is 0 Å². The van der Waals surface area contributed by atoms with Gasteiger partial charge in [-0.05, 0) is 54.7 Å². The number of hydrogen-bond acceptors (Lipinski definition) is 4. The Balaban J connectivity index is 1.56. The molecule has 0 amide bonds. The van der Waals surface area contributed by atoms with Crippen molar-refractivity contribution in [3.63, 3.8) is 0 Å². The number of fused-ring (bicyclic) bond motifs is 1.